The van der Waals surface area contributed by atoms with Gasteiger partial charge >= 0.3 is 0 Å². The van der Waals surface area contributed by atoms with E-state index in [0.29, 0.717) is 5.02 Å². The first-order chi connectivity index (χ1) is 12.9. The van der Waals surface area contributed by atoms with Crippen LogP contribution in [0.25, 0.3) is 0 Å². The lowest BCUT2D eigenvalue weighted by Crippen LogP contribution is -2.22. The van der Waals surface area contributed by atoms with Crippen LogP contribution in [0.4, 0.5) is 0 Å². The molecule has 0 spiro atoms. The fourth-order valence-corrected chi connectivity index (χ4v) is 3.31. The number of aromatic hydroxyl groups is 2. The van der Waals surface area contributed by atoms with Crippen molar-refractivity contribution in [1.29, 1.82) is 0 Å². The Kier molecular flexibility index (Phi) is 3.82. The minimum Gasteiger partial charge on any atom is -0.507 e. The third kappa shape index (κ3) is 2.52. The zero-order valence-electron chi connectivity index (χ0n) is 13.7. The van der Waals surface area contributed by atoms with Gasteiger partial charge in [-0.3, -0.25) is 14.4 Å². The molecule has 0 fully saturated rings. The van der Waals surface area contributed by atoms with Crippen molar-refractivity contribution >= 4 is 29.0 Å². The highest BCUT2D eigenvalue weighted by Gasteiger charge is 2.36. The summed E-state index contributed by atoms with van der Waals surface area (Å²) in [6, 6.07) is 13.1. The van der Waals surface area contributed by atoms with Crippen molar-refractivity contribution in [2.45, 2.75) is 0 Å². The largest absolute Gasteiger partial charge is 0.507 e. The van der Waals surface area contributed by atoms with Crippen LogP contribution in [0.1, 0.15) is 47.8 Å². The third-order valence-electron chi connectivity index (χ3n) is 4.50. The number of hydrogen-bond acceptors (Lipinski definition) is 5. The molecular weight excluding hydrogens is 368 g/mol. The predicted octanol–water partition coefficient (Wildman–Crippen LogP) is 3.76. The van der Waals surface area contributed by atoms with Gasteiger partial charge in [-0.15, -0.1) is 0 Å². The third-order valence-corrected chi connectivity index (χ3v) is 4.75. The maximum absolute atomic E-state index is 12.8. The number of fused-ring (bicyclic) bond motifs is 2. The highest BCUT2D eigenvalue weighted by Crippen LogP contribution is 2.40. The van der Waals surface area contributed by atoms with Crippen molar-refractivity contribution in [2.75, 3.05) is 0 Å². The van der Waals surface area contributed by atoms with Crippen molar-refractivity contribution < 1.29 is 24.6 Å². The van der Waals surface area contributed by atoms with Crippen LogP contribution < -0.4 is 0 Å². The second-order valence-electron chi connectivity index (χ2n) is 6.08. The minimum absolute atomic E-state index is 0.112. The van der Waals surface area contributed by atoms with Crippen LogP contribution >= 0.6 is 11.6 Å². The maximum Gasteiger partial charge on any atom is 0.198 e. The van der Waals surface area contributed by atoms with Gasteiger partial charge in [0, 0.05) is 21.7 Å². The zero-order valence-corrected chi connectivity index (χ0v) is 14.4. The SMILES string of the molecule is O=C(c1ccc(Cl)cc1)c1cc(O)c2c(c1O)C(=O)c1ccccc1C2=O. The molecule has 5 nitrogen and oxygen atoms in total. The maximum atomic E-state index is 12.8. The Morgan fingerprint density at radius 1 is 0.815 bits per heavy atom. The molecule has 0 aromatic heterocycles. The number of carbonyl (C=O) groups excluding carboxylic acids is 3. The van der Waals surface area contributed by atoms with Gasteiger partial charge in [-0.1, -0.05) is 35.9 Å². The number of benzene rings is 3. The molecule has 0 heterocycles. The molecule has 27 heavy (non-hydrogen) atoms. The van der Waals surface area contributed by atoms with Gasteiger partial charge in [0.1, 0.15) is 11.5 Å². The van der Waals surface area contributed by atoms with Crippen LogP contribution in [0.3, 0.4) is 0 Å². The second kappa shape index (κ2) is 6.07. The molecule has 2 N–H and O–H groups in total. The molecule has 3 aromatic carbocycles. The molecule has 4 rings (SSSR count). The molecule has 0 atom stereocenters. The fourth-order valence-electron chi connectivity index (χ4n) is 3.19. The van der Waals surface area contributed by atoms with Gasteiger partial charge in [0.25, 0.3) is 0 Å². The Balaban J connectivity index is 1.93. The summed E-state index contributed by atoms with van der Waals surface area (Å²) < 4.78 is 0. The van der Waals surface area contributed by atoms with Crippen LogP contribution in [0.2, 0.25) is 5.02 Å². The Hall–Kier alpha value is -3.44. The van der Waals surface area contributed by atoms with E-state index in [0.717, 1.165) is 6.07 Å². The summed E-state index contributed by atoms with van der Waals surface area (Å²) in [4.78, 5) is 38.3. The van der Waals surface area contributed by atoms with Crippen LogP contribution in [-0.2, 0) is 0 Å². The molecular formula is C21H11ClO5. The van der Waals surface area contributed by atoms with E-state index in [-0.39, 0.29) is 33.4 Å². The molecule has 0 saturated heterocycles. The Morgan fingerprint density at radius 2 is 1.37 bits per heavy atom. The molecule has 3 aromatic rings. The van der Waals surface area contributed by atoms with Crippen LogP contribution in [0.5, 0.6) is 11.5 Å². The van der Waals surface area contributed by atoms with E-state index >= 15 is 0 Å². The van der Waals surface area contributed by atoms with E-state index in [1.165, 1.54) is 36.4 Å². The molecule has 0 saturated carbocycles. The van der Waals surface area contributed by atoms with Gasteiger partial charge < -0.3 is 10.2 Å². The Labute approximate surface area is 158 Å². The van der Waals surface area contributed by atoms with Gasteiger partial charge in [0.05, 0.1) is 16.7 Å². The summed E-state index contributed by atoms with van der Waals surface area (Å²) in [7, 11) is 0. The number of rotatable bonds is 2. The average molecular weight is 379 g/mol. The first-order valence-electron chi connectivity index (χ1n) is 7.97. The lowest BCUT2D eigenvalue weighted by atomic mass is 9.81. The number of halogens is 1. The molecule has 1 aliphatic carbocycles. The van der Waals surface area contributed by atoms with Crippen molar-refractivity contribution in [1.82, 2.24) is 0 Å². The van der Waals surface area contributed by atoms with Crippen LogP contribution in [0.15, 0.2) is 54.6 Å². The van der Waals surface area contributed by atoms with Crippen LogP contribution in [-0.4, -0.2) is 27.6 Å². The molecule has 1 aliphatic rings. The first kappa shape index (κ1) is 17.0. The monoisotopic (exact) mass is 378 g/mol. The van der Waals surface area contributed by atoms with E-state index in [2.05, 4.69) is 0 Å². The standard InChI is InChI=1S/C21H11ClO5/c22-11-7-5-10(6-8-11)18(24)14-9-15(23)16-17(21(14)27)20(26)13-4-2-1-3-12(13)19(16)25/h1-9,23,27H. The fraction of sp³-hybridized carbons (Fsp3) is 0. The van der Waals surface area contributed by atoms with Crippen molar-refractivity contribution in [3.05, 3.63) is 93.0 Å². The quantitative estimate of drug-likeness (QED) is 0.409. The Morgan fingerprint density at radius 3 is 1.96 bits per heavy atom. The van der Waals surface area contributed by atoms with Crippen molar-refractivity contribution in [3.8, 4) is 11.5 Å². The number of phenolic OH excluding ortho intramolecular Hbond substituents is 2. The van der Waals surface area contributed by atoms with Gasteiger partial charge in [-0.2, -0.15) is 0 Å². The van der Waals surface area contributed by atoms with Gasteiger partial charge in [0.15, 0.2) is 17.3 Å². The number of hydrogen-bond donors (Lipinski definition) is 2. The summed E-state index contributed by atoms with van der Waals surface area (Å²) in [6.07, 6.45) is 0. The average Bonchev–Trinajstić information content (AvgIpc) is 2.67. The molecule has 0 amide bonds. The summed E-state index contributed by atoms with van der Waals surface area (Å²) in [5, 5.41) is 21.4. The van der Waals surface area contributed by atoms with E-state index in [9.17, 15) is 24.6 Å². The summed E-state index contributed by atoms with van der Waals surface area (Å²) >= 11 is 5.81. The van der Waals surface area contributed by atoms with E-state index in [1.54, 1.807) is 12.1 Å². The molecule has 0 radical (unpaired) electrons. The molecule has 6 heteroatoms. The lowest BCUT2D eigenvalue weighted by Gasteiger charge is -2.20. The Bertz CT molecular complexity index is 1150. The van der Waals surface area contributed by atoms with Gasteiger partial charge in [0.2, 0.25) is 0 Å². The molecule has 0 aliphatic heterocycles. The highest BCUT2D eigenvalue weighted by atomic mass is 35.5. The van der Waals surface area contributed by atoms with E-state index in [1.807, 2.05) is 0 Å². The van der Waals surface area contributed by atoms with Crippen molar-refractivity contribution in [2.24, 2.45) is 0 Å². The highest BCUT2D eigenvalue weighted by molar-refractivity contribution is 6.32. The normalized spacial score (nSPS) is 12.5. The number of carbonyl (C=O) groups is 3. The second-order valence-corrected chi connectivity index (χ2v) is 6.52. The van der Waals surface area contributed by atoms with Crippen LogP contribution in [0, 0.1) is 0 Å². The number of ketones is 3. The molecule has 132 valence electrons. The minimum atomic E-state index is -0.629. The van der Waals surface area contributed by atoms with Gasteiger partial charge in [-0.05, 0) is 30.3 Å². The van der Waals surface area contributed by atoms with E-state index in [4.69, 9.17) is 11.6 Å². The topological polar surface area (TPSA) is 91.7 Å². The smallest absolute Gasteiger partial charge is 0.198 e. The molecule has 0 bridgehead atoms. The molecule has 0 unspecified atom stereocenters. The predicted molar refractivity (Wildman–Crippen MR) is 98.0 cm³/mol. The van der Waals surface area contributed by atoms with Gasteiger partial charge in [-0.25, -0.2) is 0 Å². The van der Waals surface area contributed by atoms with Crippen molar-refractivity contribution in [3.63, 3.8) is 0 Å². The summed E-state index contributed by atoms with van der Waals surface area (Å²) in [5.74, 6) is -2.98. The zero-order chi connectivity index (χ0) is 19.3. The summed E-state index contributed by atoms with van der Waals surface area (Å²) in [5.41, 5.74) is -0.472. The number of phenols is 2. The lowest BCUT2D eigenvalue weighted by molar-refractivity contribution is 0.0972. The summed E-state index contributed by atoms with van der Waals surface area (Å²) in [6.45, 7) is 0. The first-order valence-corrected chi connectivity index (χ1v) is 8.35. The van der Waals surface area contributed by atoms with E-state index < -0.39 is 28.8 Å².